The Morgan fingerprint density at radius 3 is 2.76 bits per heavy atom. The van der Waals surface area contributed by atoms with Crippen LogP contribution in [0.5, 0.6) is 0 Å². The van der Waals surface area contributed by atoms with E-state index in [-0.39, 0.29) is 10.6 Å². The number of hydrogen-bond donors (Lipinski definition) is 1. The van der Waals surface area contributed by atoms with Gasteiger partial charge in [-0.15, -0.1) is 0 Å². The van der Waals surface area contributed by atoms with Gasteiger partial charge < -0.3 is 5.11 Å². The Bertz CT molecular complexity index is 621. The molecule has 0 aliphatic carbocycles. The summed E-state index contributed by atoms with van der Waals surface area (Å²) >= 11 is 5.84. The molecule has 1 aromatic rings. The third-order valence-electron chi connectivity index (χ3n) is 3.84. The maximum atomic E-state index is 14.3. The second-order valence-electron chi connectivity index (χ2n) is 5.48. The van der Waals surface area contributed by atoms with Crippen molar-refractivity contribution in [1.82, 2.24) is 4.31 Å². The number of halogens is 2. The van der Waals surface area contributed by atoms with Crippen molar-refractivity contribution in [3.63, 3.8) is 0 Å². The van der Waals surface area contributed by atoms with E-state index < -0.39 is 27.3 Å². The number of aliphatic hydroxyl groups is 1. The summed E-state index contributed by atoms with van der Waals surface area (Å²) < 4.78 is 40.8. The second kappa shape index (κ2) is 6.60. The molecule has 1 N–H and O–H groups in total. The largest absolute Gasteiger partial charge is 0.392 e. The van der Waals surface area contributed by atoms with Crippen LogP contribution in [-0.2, 0) is 16.6 Å². The van der Waals surface area contributed by atoms with Crippen molar-refractivity contribution >= 4 is 21.6 Å². The summed E-state index contributed by atoms with van der Waals surface area (Å²) in [7, 11) is -3.93. The molecule has 0 spiro atoms. The first-order chi connectivity index (χ1) is 9.86. The molecule has 2 rings (SSSR count). The maximum Gasteiger partial charge on any atom is 0.246 e. The maximum absolute atomic E-state index is 14.3. The van der Waals surface area contributed by atoms with Crippen LogP contribution in [0.15, 0.2) is 17.0 Å². The molecule has 118 valence electrons. The van der Waals surface area contributed by atoms with Crippen molar-refractivity contribution in [3.8, 4) is 0 Å². The van der Waals surface area contributed by atoms with Gasteiger partial charge in [0.05, 0.1) is 6.61 Å². The van der Waals surface area contributed by atoms with E-state index >= 15 is 0 Å². The van der Waals surface area contributed by atoms with Crippen molar-refractivity contribution < 1.29 is 17.9 Å². The number of nitrogens with zero attached hydrogens (tertiary/aromatic N) is 1. The van der Waals surface area contributed by atoms with Crippen LogP contribution in [0, 0.1) is 11.7 Å². The SMILES string of the molecule is CC1CCCN(S(=O)(=O)c2cc(Cl)cc(CO)c2F)CC1. The molecule has 21 heavy (non-hydrogen) atoms. The number of rotatable bonds is 3. The minimum Gasteiger partial charge on any atom is -0.392 e. The van der Waals surface area contributed by atoms with E-state index in [1.54, 1.807) is 0 Å². The average Bonchev–Trinajstić information content (AvgIpc) is 2.66. The lowest BCUT2D eigenvalue weighted by molar-refractivity contribution is 0.274. The Labute approximate surface area is 129 Å². The van der Waals surface area contributed by atoms with Crippen LogP contribution in [0.2, 0.25) is 5.02 Å². The molecule has 4 nitrogen and oxygen atoms in total. The molecule has 1 atom stereocenters. The van der Waals surface area contributed by atoms with E-state index in [0.717, 1.165) is 25.3 Å². The van der Waals surface area contributed by atoms with E-state index in [0.29, 0.717) is 19.0 Å². The first-order valence-electron chi connectivity index (χ1n) is 6.95. The van der Waals surface area contributed by atoms with Gasteiger partial charge in [-0.1, -0.05) is 18.5 Å². The van der Waals surface area contributed by atoms with Gasteiger partial charge in [0.1, 0.15) is 10.7 Å². The Morgan fingerprint density at radius 2 is 2.10 bits per heavy atom. The van der Waals surface area contributed by atoms with Crippen LogP contribution in [0.25, 0.3) is 0 Å². The molecule has 0 amide bonds. The molecule has 1 aliphatic rings. The summed E-state index contributed by atoms with van der Waals surface area (Å²) in [5.74, 6) is -0.457. The highest BCUT2D eigenvalue weighted by molar-refractivity contribution is 7.89. The molecule has 1 heterocycles. The summed E-state index contributed by atoms with van der Waals surface area (Å²) in [6.45, 7) is 2.25. The number of sulfonamides is 1. The molecular weight excluding hydrogens is 317 g/mol. The molecule has 0 bridgehead atoms. The Hall–Kier alpha value is -0.690. The minimum absolute atomic E-state index is 0.0993. The van der Waals surface area contributed by atoms with E-state index in [1.807, 2.05) is 0 Å². The van der Waals surface area contributed by atoms with Crippen LogP contribution >= 0.6 is 11.6 Å². The van der Waals surface area contributed by atoms with Gasteiger partial charge in [0.25, 0.3) is 0 Å². The zero-order valence-electron chi connectivity index (χ0n) is 11.8. The highest BCUT2D eigenvalue weighted by atomic mass is 35.5. The molecule has 1 unspecified atom stereocenters. The van der Waals surface area contributed by atoms with Gasteiger partial charge in [-0.05, 0) is 37.3 Å². The van der Waals surface area contributed by atoms with Crippen molar-refractivity contribution in [1.29, 1.82) is 0 Å². The number of aliphatic hydroxyl groups excluding tert-OH is 1. The van der Waals surface area contributed by atoms with E-state index in [1.165, 1.54) is 10.4 Å². The standard InChI is InChI=1S/C14H19ClFNO3S/c1-10-3-2-5-17(6-4-10)21(19,20)13-8-12(15)7-11(9-18)14(13)16/h7-8,10,18H,2-6,9H2,1H3. The van der Waals surface area contributed by atoms with Gasteiger partial charge in [0.2, 0.25) is 10.0 Å². The normalized spacial score (nSPS) is 21.2. The second-order valence-corrected chi connectivity index (χ2v) is 7.82. The van der Waals surface area contributed by atoms with Crippen LogP contribution in [0.4, 0.5) is 4.39 Å². The number of benzene rings is 1. The van der Waals surface area contributed by atoms with Gasteiger partial charge in [-0.3, -0.25) is 0 Å². The smallest absolute Gasteiger partial charge is 0.246 e. The summed E-state index contributed by atoms with van der Waals surface area (Å²) in [6.07, 6.45) is 2.48. The molecular formula is C14H19ClFNO3S. The highest BCUT2D eigenvalue weighted by Gasteiger charge is 2.30. The van der Waals surface area contributed by atoms with Gasteiger partial charge in [0, 0.05) is 23.7 Å². The first-order valence-corrected chi connectivity index (χ1v) is 8.77. The Balaban J connectivity index is 2.42. The minimum atomic E-state index is -3.93. The van der Waals surface area contributed by atoms with Gasteiger partial charge >= 0.3 is 0 Å². The van der Waals surface area contributed by atoms with Gasteiger partial charge in [-0.25, -0.2) is 12.8 Å². The fraction of sp³-hybridized carbons (Fsp3) is 0.571. The van der Waals surface area contributed by atoms with Gasteiger partial charge in [-0.2, -0.15) is 4.31 Å². The summed E-state index contributed by atoms with van der Waals surface area (Å²) in [5.41, 5.74) is -0.107. The van der Waals surface area contributed by atoms with Crippen LogP contribution in [0.1, 0.15) is 31.7 Å². The average molecular weight is 336 g/mol. The quantitative estimate of drug-likeness (QED) is 0.924. The Kier molecular flexibility index (Phi) is 5.24. The van der Waals surface area contributed by atoms with Crippen molar-refractivity contribution in [2.75, 3.05) is 13.1 Å². The summed E-state index contributed by atoms with van der Waals surface area (Å²) in [6, 6.07) is 2.35. The third-order valence-corrected chi connectivity index (χ3v) is 5.96. The molecule has 0 aromatic heterocycles. The fourth-order valence-electron chi connectivity index (χ4n) is 2.54. The topological polar surface area (TPSA) is 57.6 Å². The number of hydrogen-bond acceptors (Lipinski definition) is 3. The first kappa shape index (κ1) is 16.7. The molecule has 1 aromatic carbocycles. The molecule has 0 saturated carbocycles. The van der Waals surface area contributed by atoms with E-state index in [2.05, 4.69) is 6.92 Å². The molecule has 7 heteroatoms. The van der Waals surface area contributed by atoms with E-state index in [4.69, 9.17) is 16.7 Å². The lowest BCUT2D eigenvalue weighted by Gasteiger charge is -2.21. The predicted molar refractivity (Wildman–Crippen MR) is 79.1 cm³/mol. The van der Waals surface area contributed by atoms with E-state index in [9.17, 15) is 12.8 Å². The predicted octanol–water partition coefficient (Wildman–Crippen LogP) is 2.78. The van der Waals surface area contributed by atoms with Crippen molar-refractivity contribution in [3.05, 3.63) is 28.5 Å². The fourth-order valence-corrected chi connectivity index (χ4v) is 4.47. The zero-order chi connectivity index (χ0) is 15.6. The summed E-state index contributed by atoms with van der Waals surface area (Å²) in [4.78, 5) is -0.450. The van der Waals surface area contributed by atoms with Crippen LogP contribution in [-0.4, -0.2) is 30.9 Å². The lowest BCUT2D eigenvalue weighted by Crippen LogP contribution is -2.32. The summed E-state index contributed by atoms with van der Waals surface area (Å²) in [5, 5.41) is 9.22. The molecule has 0 radical (unpaired) electrons. The van der Waals surface area contributed by atoms with Gasteiger partial charge in [0.15, 0.2) is 0 Å². The monoisotopic (exact) mass is 335 g/mol. The third kappa shape index (κ3) is 3.56. The highest BCUT2D eigenvalue weighted by Crippen LogP contribution is 2.28. The Morgan fingerprint density at radius 1 is 1.38 bits per heavy atom. The lowest BCUT2D eigenvalue weighted by atomic mass is 10.0. The molecule has 1 aliphatic heterocycles. The molecule has 1 fully saturated rings. The van der Waals surface area contributed by atoms with Crippen molar-refractivity contribution in [2.45, 2.75) is 37.7 Å². The molecule has 1 saturated heterocycles. The van der Waals surface area contributed by atoms with Crippen molar-refractivity contribution in [2.24, 2.45) is 5.92 Å². The van der Waals surface area contributed by atoms with Crippen LogP contribution in [0.3, 0.4) is 0 Å². The van der Waals surface area contributed by atoms with Crippen LogP contribution < -0.4 is 0 Å². The zero-order valence-corrected chi connectivity index (χ0v) is 13.4.